The summed E-state index contributed by atoms with van der Waals surface area (Å²) in [6, 6.07) is 1.85. The van der Waals surface area contributed by atoms with E-state index in [0.717, 1.165) is 18.6 Å². The van der Waals surface area contributed by atoms with Crippen molar-refractivity contribution < 1.29 is 18.3 Å². The molecule has 112 valence electrons. The van der Waals surface area contributed by atoms with E-state index >= 15 is 0 Å². The summed E-state index contributed by atoms with van der Waals surface area (Å²) >= 11 is 0. The van der Waals surface area contributed by atoms with Gasteiger partial charge < -0.3 is 15.8 Å². The van der Waals surface area contributed by atoms with E-state index in [9.17, 15) is 13.6 Å². The Morgan fingerprint density at radius 3 is 2.40 bits per heavy atom. The summed E-state index contributed by atoms with van der Waals surface area (Å²) in [5.74, 6) is -2.41. The van der Waals surface area contributed by atoms with Crippen LogP contribution in [0.2, 0.25) is 0 Å². The monoisotopic (exact) mass is 286 g/mol. The number of halogens is 2. The zero-order valence-corrected chi connectivity index (χ0v) is 11.9. The normalized spacial score (nSPS) is 11.4. The van der Waals surface area contributed by atoms with Crippen LogP contribution >= 0.6 is 0 Å². The standard InChI is InChI=1S/C14H20F2N2O2/c1-14(2,4-5-20-3)8-18-13(19)9-6-10(15)12(17)11(16)7-9/h6-7H,4-5,8,17H2,1-3H3,(H,18,19). The maximum absolute atomic E-state index is 13.3. The van der Waals surface area contributed by atoms with E-state index < -0.39 is 23.2 Å². The first-order chi connectivity index (χ1) is 9.26. The Morgan fingerprint density at radius 1 is 1.35 bits per heavy atom. The molecule has 0 fully saturated rings. The molecule has 0 atom stereocenters. The largest absolute Gasteiger partial charge is 0.394 e. The number of methoxy groups -OCH3 is 1. The van der Waals surface area contributed by atoms with Crippen LogP contribution in [0, 0.1) is 17.0 Å². The minimum absolute atomic E-state index is 0.0864. The molecule has 4 nitrogen and oxygen atoms in total. The first-order valence-electron chi connectivity index (χ1n) is 6.28. The van der Waals surface area contributed by atoms with E-state index in [0.29, 0.717) is 13.2 Å². The van der Waals surface area contributed by atoms with Gasteiger partial charge in [-0.2, -0.15) is 0 Å². The fourth-order valence-electron chi connectivity index (χ4n) is 1.60. The number of amides is 1. The van der Waals surface area contributed by atoms with Gasteiger partial charge in [0.2, 0.25) is 0 Å². The highest BCUT2D eigenvalue weighted by molar-refractivity contribution is 5.94. The number of hydrogen-bond donors (Lipinski definition) is 2. The van der Waals surface area contributed by atoms with Gasteiger partial charge in [-0.25, -0.2) is 8.78 Å². The predicted molar refractivity (Wildman–Crippen MR) is 73.4 cm³/mol. The third-order valence-electron chi connectivity index (χ3n) is 3.05. The van der Waals surface area contributed by atoms with Crippen LogP contribution < -0.4 is 11.1 Å². The van der Waals surface area contributed by atoms with Gasteiger partial charge in [0, 0.05) is 25.8 Å². The molecular formula is C14H20F2N2O2. The van der Waals surface area contributed by atoms with Crippen molar-refractivity contribution >= 4 is 11.6 Å². The molecule has 0 radical (unpaired) electrons. The number of carbonyl (C=O) groups excluding carboxylic acids is 1. The quantitative estimate of drug-likeness (QED) is 0.789. The topological polar surface area (TPSA) is 64.3 Å². The summed E-state index contributed by atoms with van der Waals surface area (Å²) < 4.78 is 31.5. The van der Waals surface area contributed by atoms with Crippen molar-refractivity contribution in [3.05, 3.63) is 29.3 Å². The van der Waals surface area contributed by atoms with Crippen LogP contribution in [0.25, 0.3) is 0 Å². The molecule has 20 heavy (non-hydrogen) atoms. The Labute approximate surface area is 117 Å². The van der Waals surface area contributed by atoms with E-state index in [1.165, 1.54) is 0 Å². The van der Waals surface area contributed by atoms with E-state index in [1.54, 1.807) is 7.11 Å². The molecule has 0 aliphatic rings. The van der Waals surface area contributed by atoms with Gasteiger partial charge in [-0.3, -0.25) is 4.79 Å². The highest BCUT2D eigenvalue weighted by Gasteiger charge is 2.20. The lowest BCUT2D eigenvalue weighted by Crippen LogP contribution is -2.34. The maximum Gasteiger partial charge on any atom is 0.251 e. The molecule has 0 spiro atoms. The Morgan fingerprint density at radius 2 is 1.90 bits per heavy atom. The highest BCUT2D eigenvalue weighted by Crippen LogP contribution is 2.20. The SMILES string of the molecule is COCCC(C)(C)CNC(=O)c1cc(F)c(N)c(F)c1. The van der Waals surface area contributed by atoms with Crippen molar-refractivity contribution in [2.75, 3.05) is 26.0 Å². The molecule has 6 heteroatoms. The van der Waals surface area contributed by atoms with Crippen LogP contribution in [0.4, 0.5) is 14.5 Å². The van der Waals surface area contributed by atoms with E-state index in [-0.39, 0.29) is 11.0 Å². The number of hydrogen-bond acceptors (Lipinski definition) is 3. The molecule has 1 aromatic rings. The van der Waals surface area contributed by atoms with Gasteiger partial charge in [0.25, 0.3) is 5.91 Å². The Balaban J connectivity index is 2.68. The number of carbonyl (C=O) groups is 1. The molecule has 0 aromatic heterocycles. The van der Waals surface area contributed by atoms with E-state index in [1.807, 2.05) is 13.8 Å². The molecule has 0 heterocycles. The molecular weight excluding hydrogens is 266 g/mol. The fourth-order valence-corrected chi connectivity index (χ4v) is 1.60. The smallest absolute Gasteiger partial charge is 0.251 e. The van der Waals surface area contributed by atoms with Crippen molar-refractivity contribution in [2.45, 2.75) is 20.3 Å². The maximum atomic E-state index is 13.3. The second-order valence-corrected chi connectivity index (χ2v) is 5.44. The number of ether oxygens (including phenoxy) is 1. The third kappa shape index (κ3) is 4.45. The van der Waals surface area contributed by atoms with E-state index in [4.69, 9.17) is 10.5 Å². The van der Waals surface area contributed by atoms with Crippen LogP contribution in [0.5, 0.6) is 0 Å². The van der Waals surface area contributed by atoms with Crippen LogP contribution in [-0.4, -0.2) is 26.2 Å². The van der Waals surface area contributed by atoms with Crippen LogP contribution in [-0.2, 0) is 4.74 Å². The second-order valence-electron chi connectivity index (χ2n) is 5.44. The lowest BCUT2D eigenvalue weighted by molar-refractivity contribution is 0.0920. The number of anilines is 1. The van der Waals surface area contributed by atoms with Crippen LogP contribution in [0.1, 0.15) is 30.6 Å². The first kappa shape index (κ1) is 16.4. The number of benzene rings is 1. The Hall–Kier alpha value is -1.69. The van der Waals surface area contributed by atoms with Crippen molar-refractivity contribution in [2.24, 2.45) is 5.41 Å². The lowest BCUT2D eigenvalue weighted by atomic mass is 9.89. The molecule has 0 aliphatic heterocycles. The molecule has 0 aliphatic carbocycles. The van der Waals surface area contributed by atoms with Gasteiger partial charge in [-0.1, -0.05) is 13.8 Å². The van der Waals surface area contributed by atoms with Gasteiger partial charge in [0.1, 0.15) is 17.3 Å². The van der Waals surface area contributed by atoms with E-state index in [2.05, 4.69) is 5.32 Å². The van der Waals surface area contributed by atoms with Crippen molar-refractivity contribution in [1.82, 2.24) is 5.32 Å². The number of nitrogen functional groups attached to an aromatic ring is 1. The van der Waals surface area contributed by atoms with Gasteiger partial charge in [-0.15, -0.1) is 0 Å². The second kappa shape index (κ2) is 6.65. The summed E-state index contributed by atoms with van der Waals surface area (Å²) in [6.07, 6.45) is 0.758. The molecule has 0 saturated carbocycles. The minimum atomic E-state index is -0.936. The molecule has 0 bridgehead atoms. The summed E-state index contributed by atoms with van der Waals surface area (Å²) in [5.41, 5.74) is 4.32. The zero-order chi connectivity index (χ0) is 15.3. The van der Waals surface area contributed by atoms with Crippen molar-refractivity contribution in [1.29, 1.82) is 0 Å². The molecule has 1 rings (SSSR count). The van der Waals surface area contributed by atoms with Crippen molar-refractivity contribution in [3.63, 3.8) is 0 Å². The van der Waals surface area contributed by atoms with Crippen molar-refractivity contribution in [3.8, 4) is 0 Å². The molecule has 1 aromatic carbocycles. The van der Waals surface area contributed by atoms with Crippen LogP contribution in [0.15, 0.2) is 12.1 Å². The van der Waals surface area contributed by atoms with Gasteiger partial charge >= 0.3 is 0 Å². The molecule has 0 saturated heterocycles. The first-order valence-corrected chi connectivity index (χ1v) is 6.28. The minimum Gasteiger partial charge on any atom is -0.394 e. The zero-order valence-electron chi connectivity index (χ0n) is 11.9. The number of nitrogens with one attached hydrogen (secondary N) is 1. The molecule has 3 N–H and O–H groups in total. The predicted octanol–water partition coefficient (Wildman–Crippen LogP) is 2.34. The summed E-state index contributed by atoms with van der Waals surface area (Å²) in [4.78, 5) is 11.9. The Kier molecular flexibility index (Phi) is 5.44. The number of nitrogens with two attached hydrogens (primary N) is 1. The molecule has 0 unspecified atom stereocenters. The average Bonchev–Trinajstić information content (AvgIpc) is 2.39. The summed E-state index contributed by atoms with van der Waals surface area (Å²) in [7, 11) is 1.61. The van der Waals surface area contributed by atoms with Crippen LogP contribution in [0.3, 0.4) is 0 Å². The Bertz CT molecular complexity index is 467. The third-order valence-corrected chi connectivity index (χ3v) is 3.05. The number of rotatable bonds is 6. The summed E-state index contributed by atoms with van der Waals surface area (Å²) in [5, 5.41) is 2.65. The highest BCUT2D eigenvalue weighted by atomic mass is 19.1. The fraction of sp³-hybridized carbons (Fsp3) is 0.500. The van der Waals surface area contributed by atoms with Gasteiger partial charge in [-0.05, 0) is 24.0 Å². The van der Waals surface area contributed by atoms with Gasteiger partial charge in [0.05, 0.1) is 0 Å². The lowest BCUT2D eigenvalue weighted by Gasteiger charge is -2.24. The molecule has 1 amide bonds. The average molecular weight is 286 g/mol. The summed E-state index contributed by atoms with van der Waals surface area (Å²) in [6.45, 7) is 4.89. The van der Waals surface area contributed by atoms with Gasteiger partial charge in [0.15, 0.2) is 0 Å².